The molecule has 1 aromatic rings. The van der Waals surface area contributed by atoms with Crippen molar-refractivity contribution in [2.75, 3.05) is 14.1 Å². The summed E-state index contributed by atoms with van der Waals surface area (Å²) in [5.74, 6) is 0. The fourth-order valence-corrected chi connectivity index (χ4v) is 1.54. The lowest BCUT2D eigenvalue weighted by atomic mass is 10.6. The second-order valence-corrected chi connectivity index (χ2v) is 3.58. The first kappa shape index (κ1) is 8.18. The Morgan fingerprint density at radius 3 is 2.91 bits per heavy atom. The predicted octanol–water partition coefficient (Wildman–Crippen LogP) is 1.08. The predicted molar refractivity (Wildman–Crippen MR) is 44.2 cm³/mol. The molecule has 0 amide bonds. The van der Waals surface area contributed by atoms with Gasteiger partial charge in [-0.05, 0) is 14.1 Å². The zero-order chi connectivity index (χ0) is 8.27. The summed E-state index contributed by atoms with van der Waals surface area (Å²) in [4.78, 5) is 6.79. The lowest BCUT2D eigenvalue weighted by Gasteiger charge is -2.04. The van der Waals surface area contributed by atoms with Gasteiger partial charge in [0.05, 0.1) is 6.20 Å². The molecule has 1 rings (SSSR count). The summed E-state index contributed by atoms with van der Waals surface area (Å²) >= 11 is 1.45. The summed E-state index contributed by atoms with van der Waals surface area (Å²) in [5, 5.41) is 9.48. The van der Waals surface area contributed by atoms with Crippen LogP contribution < -0.4 is 0 Å². The molecule has 0 saturated carbocycles. The van der Waals surface area contributed by atoms with Crippen molar-refractivity contribution >= 4 is 11.3 Å². The molecule has 0 aliphatic rings. The standard InChI is InChI=1S/C7H9N3S/c1-10(2)5-7-9-4-6(3-8)11-7/h4H,5H2,1-2H3. The molecule has 0 saturated heterocycles. The summed E-state index contributed by atoms with van der Waals surface area (Å²) in [6.07, 6.45) is 1.61. The number of nitriles is 1. The van der Waals surface area contributed by atoms with Gasteiger partial charge in [-0.2, -0.15) is 5.26 Å². The molecule has 0 atom stereocenters. The molecule has 0 aromatic carbocycles. The van der Waals surface area contributed by atoms with E-state index >= 15 is 0 Å². The van der Waals surface area contributed by atoms with Gasteiger partial charge in [-0.3, -0.25) is 0 Å². The highest BCUT2D eigenvalue weighted by Crippen LogP contribution is 2.12. The minimum absolute atomic E-state index is 0.682. The summed E-state index contributed by atoms with van der Waals surface area (Å²) in [6.45, 7) is 0.812. The molecule has 0 spiro atoms. The zero-order valence-corrected chi connectivity index (χ0v) is 7.35. The average Bonchev–Trinajstić information content (AvgIpc) is 2.34. The summed E-state index contributed by atoms with van der Waals surface area (Å²) in [7, 11) is 3.96. The van der Waals surface area contributed by atoms with Crippen LogP contribution in [0.3, 0.4) is 0 Å². The molecule has 0 radical (unpaired) electrons. The first-order chi connectivity index (χ1) is 5.22. The Bertz CT molecular complexity index is 271. The second-order valence-electron chi connectivity index (χ2n) is 2.47. The Kier molecular flexibility index (Phi) is 2.58. The molecule has 0 unspecified atom stereocenters. The highest BCUT2D eigenvalue weighted by atomic mass is 32.1. The van der Waals surface area contributed by atoms with Gasteiger partial charge in [0.15, 0.2) is 0 Å². The average molecular weight is 167 g/mol. The van der Waals surface area contributed by atoms with Crippen molar-refractivity contribution < 1.29 is 0 Å². The van der Waals surface area contributed by atoms with Crippen molar-refractivity contribution in [2.45, 2.75) is 6.54 Å². The van der Waals surface area contributed by atoms with Gasteiger partial charge in [0.2, 0.25) is 0 Å². The molecular formula is C7H9N3S. The zero-order valence-electron chi connectivity index (χ0n) is 6.53. The van der Waals surface area contributed by atoms with E-state index in [2.05, 4.69) is 11.1 Å². The van der Waals surface area contributed by atoms with Crippen LogP contribution in [0.2, 0.25) is 0 Å². The fourth-order valence-electron chi connectivity index (χ4n) is 0.706. The van der Waals surface area contributed by atoms with Crippen LogP contribution in [0.25, 0.3) is 0 Å². The fraction of sp³-hybridized carbons (Fsp3) is 0.429. The number of rotatable bonds is 2. The van der Waals surface area contributed by atoms with E-state index in [-0.39, 0.29) is 0 Å². The van der Waals surface area contributed by atoms with Crippen LogP contribution in [0.15, 0.2) is 6.20 Å². The molecule has 11 heavy (non-hydrogen) atoms. The number of hydrogen-bond acceptors (Lipinski definition) is 4. The Morgan fingerprint density at radius 1 is 1.73 bits per heavy atom. The molecule has 0 bridgehead atoms. The van der Waals surface area contributed by atoms with E-state index in [0.29, 0.717) is 4.88 Å². The maximum atomic E-state index is 8.49. The van der Waals surface area contributed by atoms with E-state index in [1.54, 1.807) is 6.20 Å². The number of hydrogen-bond donors (Lipinski definition) is 0. The van der Waals surface area contributed by atoms with Crippen molar-refractivity contribution in [1.29, 1.82) is 5.26 Å². The van der Waals surface area contributed by atoms with Crippen LogP contribution >= 0.6 is 11.3 Å². The quantitative estimate of drug-likeness (QED) is 0.661. The molecule has 4 heteroatoms. The van der Waals surface area contributed by atoms with Gasteiger partial charge in [0, 0.05) is 6.54 Å². The van der Waals surface area contributed by atoms with Crippen LogP contribution in [0.4, 0.5) is 0 Å². The minimum atomic E-state index is 0.682. The minimum Gasteiger partial charge on any atom is -0.303 e. The Hall–Kier alpha value is -0.920. The third-order valence-corrected chi connectivity index (χ3v) is 2.00. The molecule has 0 N–H and O–H groups in total. The smallest absolute Gasteiger partial charge is 0.124 e. The highest BCUT2D eigenvalue weighted by Gasteiger charge is 2.00. The van der Waals surface area contributed by atoms with E-state index in [1.807, 2.05) is 19.0 Å². The lowest BCUT2D eigenvalue weighted by molar-refractivity contribution is 0.401. The third kappa shape index (κ3) is 2.30. The maximum Gasteiger partial charge on any atom is 0.124 e. The monoisotopic (exact) mass is 167 g/mol. The first-order valence-electron chi connectivity index (χ1n) is 3.22. The molecule has 0 aliphatic carbocycles. The van der Waals surface area contributed by atoms with Crippen LogP contribution in [0.1, 0.15) is 9.88 Å². The van der Waals surface area contributed by atoms with Crippen LogP contribution in [-0.4, -0.2) is 24.0 Å². The maximum absolute atomic E-state index is 8.49. The van der Waals surface area contributed by atoms with E-state index < -0.39 is 0 Å². The Balaban J connectivity index is 2.67. The van der Waals surface area contributed by atoms with Crippen molar-refractivity contribution in [3.05, 3.63) is 16.1 Å². The van der Waals surface area contributed by atoms with Gasteiger partial charge in [-0.1, -0.05) is 0 Å². The molecule has 3 nitrogen and oxygen atoms in total. The van der Waals surface area contributed by atoms with Crippen molar-refractivity contribution in [3.8, 4) is 6.07 Å². The highest BCUT2D eigenvalue weighted by molar-refractivity contribution is 7.12. The Morgan fingerprint density at radius 2 is 2.45 bits per heavy atom. The normalized spacial score (nSPS) is 10.0. The van der Waals surface area contributed by atoms with Gasteiger partial charge in [-0.25, -0.2) is 4.98 Å². The summed E-state index contributed by atoms with van der Waals surface area (Å²) < 4.78 is 0. The van der Waals surface area contributed by atoms with E-state index in [9.17, 15) is 0 Å². The first-order valence-corrected chi connectivity index (χ1v) is 4.03. The van der Waals surface area contributed by atoms with Crippen molar-refractivity contribution in [2.24, 2.45) is 0 Å². The van der Waals surface area contributed by atoms with Gasteiger partial charge < -0.3 is 4.90 Å². The van der Waals surface area contributed by atoms with Crippen molar-refractivity contribution in [3.63, 3.8) is 0 Å². The van der Waals surface area contributed by atoms with Gasteiger partial charge in [0.1, 0.15) is 16.0 Å². The van der Waals surface area contributed by atoms with E-state index in [1.165, 1.54) is 11.3 Å². The van der Waals surface area contributed by atoms with Crippen LogP contribution in [-0.2, 0) is 6.54 Å². The molecule has 0 fully saturated rings. The van der Waals surface area contributed by atoms with Crippen LogP contribution in [0, 0.1) is 11.3 Å². The van der Waals surface area contributed by atoms with Crippen molar-refractivity contribution in [1.82, 2.24) is 9.88 Å². The molecule has 1 aromatic heterocycles. The van der Waals surface area contributed by atoms with E-state index in [0.717, 1.165) is 11.6 Å². The Labute approximate surface area is 69.9 Å². The molecular weight excluding hydrogens is 158 g/mol. The number of aromatic nitrogens is 1. The number of thiazole rings is 1. The van der Waals surface area contributed by atoms with Gasteiger partial charge in [0.25, 0.3) is 0 Å². The summed E-state index contributed by atoms with van der Waals surface area (Å²) in [5.41, 5.74) is 0. The SMILES string of the molecule is CN(C)Cc1ncc(C#N)s1. The molecule has 58 valence electrons. The summed E-state index contributed by atoms with van der Waals surface area (Å²) in [6, 6.07) is 2.06. The van der Waals surface area contributed by atoms with Gasteiger partial charge >= 0.3 is 0 Å². The van der Waals surface area contributed by atoms with E-state index in [4.69, 9.17) is 5.26 Å². The molecule has 1 heterocycles. The topological polar surface area (TPSA) is 39.9 Å². The lowest BCUT2D eigenvalue weighted by Crippen LogP contribution is -2.09. The van der Waals surface area contributed by atoms with Crippen LogP contribution in [0.5, 0.6) is 0 Å². The largest absolute Gasteiger partial charge is 0.303 e. The second kappa shape index (κ2) is 3.46. The third-order valence-electron chi connectivity index (χ3n) is 1.12. The van der Waals surface area contributed by atoms with Gasteiger partial charge in [-0.15, -0.1) is 11.3 Å². The molecule has 0 aliphatic heterocycles. The number of nitrogens with zero attached hydrogens (tertiary/aromatic N) is 3.